The van der Waals surface area contributed by atoms with Gasteiger partial charge in [0.1, 0.15) is 5.75 Å². The predicted molar refractivity (Wildman–Crippen MR) is 68.3 cm³/mol. The van der Waals surface area contributed by atoms with Crippen LogP contribution in [0.4, 0.5) is 4.39 Å². The molecule has 94 valence electrons. The molecule has 2 aromatic carbocycles. The number of para-hydroxylation sites is 1. The molecule has 2 nitrogen and oxygen atoms in total. The van der Waals surface area contributed by atoms with E-state index in [-0.39, 0.29) is 5.75 Å². The highest BCUT2D eigenvalue weighted by Gasteiger charge is 2.09. The van der Waals surface area contributed by atoms with Crippen molar-refractivity contribution in [2.45, 2.75) is 20.0 Å². The molecular weight excluding hydrogens is 231 g/mol. The second-order valence-corrected chi connectivity index (χ2v) is 4.23. The maximum atomic E-state index is 13.8. The molecule has 0 radical (unpaired) electrons. The zero-order valence-electron chi connectivity index (χ0n) is 10.4. The summed E-state index contributed by atoms with van der Waals surface area (Å²) < 4.78 is 19.3. The average molecular weight is 246 g/mol. The highest BCUT2D eigenvalue weighted by molar-refractivity contribution is 5.38. The number of benzene rings is 2. The molecule has 18 heavy (non-hydrogen) atoms. The largest absolute Gasteiger partial charge is 0.454 e. The lowest BCUT2D eigenvalue weighted by Crippen LogP contribution is -1.95. The number of aliphatic hydroxyl groups is 1. The summed E-state index contributed by atoms with van der Waals surface area (Å²) in [6.45, 7) is 3.49. The van der Waals surface area contributed by atoms with Gasteiger partial charge in [0.25, 0.3) is 0 Å². The Hall–Kier alpha value is -1.87. The maximum Gasteiger partial charge on any atom is 0.166 e. The summed E-state index contributed by atoms with van der Waals surface area (Å²) in [5.74, 6) is 0.312. The molecule has 0 aliphatic rings. The minimum Gasteiger partial charge on any atom is -0.454 e. The summed E-state index contributed by atoms with van der Waals surface area (Å²) in [5, 5.41) is 9.37. The number of hydrogen-bond acceptors (Lipinski definition) is 2. The number of aryl methyl sites for hydroxylation is 1. The Morgan fingerprint density at radius 3 is 2.44 bits per heavy atom. The van der Waals surface area contributed by atoms with Gasteiger partial charge in [0.05, 0.1) is 6.10 Å². The molecule has 0 saturated carbocycles. The van der Waals surface area contributed by atoms with Gasteiger partial charge in [0.15, 0.2) is 11.6 Å². The third-order valence-electron chi connectivity index (χ3n) is 2.75. The van der Waals surface area contributed by atoms with Crippen molar-refractivity contribution in [1.29, 1.82) is 0 Å². The van der Waals surface area contributed by atoms with Crippen LogP contribution in [0.25, 0.3) is 0 Å². The van der Waals surface area contributed by atoms with Gasteiger partial charge in [-0.25, -0.2) is 4.39 Å². The Balaban J connectivity index is 2.28. The number of halogens is 1. The molecule has 0 aromatic heterocycles. The van der Waals surface area contributed by atoms with Crippen LogP contribution in [0.5, 0.6) is 11.5 Å². The standard InChI is InChI=1S/C15H15FO2/c1-10-5-3-4-6-14(10)18-15-8-7-12(11(2)17)9-13(15)16/h3-9,11,17H,1-2H3. The first-order chi connectivity index (χ1) is 8.58. The Labute approximate surface area is 106 Å². The van der Waals surface area contributed by atoms with E-state index < -0.39 is 11.9 Å². The Morgan fingerprint density at radius 2 is 1.83 bits per heavy atom. The molecule has 0 bridgehead atoms. The molecule has 3 heteroatoms. The highest BCUT2D eigenvalue weighted by Crippen LogP contribution is 2.28. The molecule has 0 aliphatic carbocycles. The number of aliphatic hydroxyl groups excluding tert-OH is 1. The molecule has 0 fully saturated rings. The monoisotopic (exact) mass is 246 g/mol. The molecule has 1 atom stereocenters. The molecule has 2 rings (SSSR count). The molecule has 0 spiro atoms. The third kappa shape index (κ3) is 2.68. The molecule has 1 unspecified atom stereocenters. The first kappa shape index (κ1) is 12.6. The van der Waals surface area contributed by atoms with E-state index in [1.165, 1.54) is 12.1 Å². The van der Waals surface area contributed by atoms with Crippen LogP contribution in [0.15, 0.2) is 42.5 Å². The Morgan fingerprint density at radius 1 is 1.11 bits per heavy atom. The lowest BCUT2D eigenvalue weighted by atomic mass is 10.1. The van der Waals surface area contributed by atoms with E-state index in [9.17, 15) is 9.50 Å². The van der Waals surface area contributed by atoms with Crippen molar-refractivity contribution in [2.75, 3.05) is 0 Å². The Bertz CT molecular complexity index is 550. The van der Waals surface area contributed by atoms with Crippen molar-refractivity contribution in [3.05, 3.63) is 59.4 Å². The summed E-state index contributed by atoms with van der Waals surface area (Å²) >= 11 is 0. The fourth-order valence-corrected chi connectivity index (χ4v) is 1.65. The SMILES string of the molecule is Cc1ccccc1Oc1ccc(C(C)O)cc1F. The van der Waals surface area contributed by atoms with Crippen molar-refractivity contribution in [3.63, 3.8) is 0 Å². The lowest BCUT2D eigenvalue weighted by Gasteiger charge is -2.11. The third-order valence-corrected chi connectivity index (χ3v) is 2.75. The van der Waals surface area contributed by atoms with Crippen LogP contribution in [-0.2, 0) is 0 Å². The van der Waals surface area contributed by atoms with Crippen molar-refractivity contribution in [1.82, 2.24) is 0 Å². The van der Waals surface area contributed by atoms with Crippen LogP contribution in [0.1, 0.15) is 24.2 Å². The van der Waals surface area contributed by atoms with Gasteiger partial charge in [0.2, 0.25) is 0 Å². The van der Waals surface area contributed by atoms with Gasteiger partial charge in [0, 0.05) is 0 Å². The number of rotatable bonds is 3. The van der Waals surface area contributed by atoms with E-state index in [1.807, 2.05) is 25.1 Å². The van der Waals surface area contributed by atoms with Crippen molar-refractivity contribution >= 4 is 0 Å². The molecular formula is C15H15FO2. The summed E-state index contributed by atoms with van der Waals surface area (Å²) in [5.41, 5.74) is 1.47. The van der Waals surface area contributed by atoms with Crippen LogP contribution >= 0.6 is 0 Å². The average Bonchev–Trinajstić information content (AvgIpc) is 2.34. The molecule has 0 saturated heterocycles. The van der Waals surface area contributed by atoms with Gasteiger partial charge in [-0.2, -0.15) is 0 Å². The first-order valence-electron chi connectivity index (χ1n) is 5.79. The molecule has 0 amide bonds. The van der Waals surface area contributed by atoms with E-state index in [1.54, 1.807) is 19.1 Å². The normalized spacial score (nSPS) is 12.2. The van der Waals surface area contributed by atoms with Crippen molar-refractivity contribution < 1.29 is 14.2 Å². The predicted octanol–water partition coefficient (Wildman–Crippen LogP) is 3.98. The fraction of sp³-hybridized carbons (Fsp3) is 0.200. The summed E-state index contributed by atoms with van der Waals surface area (Å²) in [4.78, 5) is 0. The fourth-order valence-electron chi connectivity index (χ4n) is 1.65. The van der Waals surface area contributed by atoms with Crippen molar-refractivity contribution in [2.24, 2.45) is 0 Å². The molecule has 2 aromatic rings. The van der Waals surface area contributed by atoms with Crippen LogP contribution in [0, 0.1) is 12.7 Å². The van der Waals surface area contributed by atoms with Gasteiger partial charge in [-0.1, -0.05) is 24.3 Å². The lowest BCUT2D eigenvalue weighted by molar-refractivity contribution is 0.198. The van der Waals surface area contributed by atoms with E-state index >= 15 is 0 Å². The summed E-state index contributed by atoms with van der Waals surface area (Å²) in [6, 6.07) is 11.9. The van der Waals surface area contributed by atoms with E-state index in [4.69, 9.17) is 4.74 Å². The number of ether oxygens (including phenoxy) is 1. The number of hydrogen-bond donors (Lipinski definition) is 1. The van der Waals surface area contributed by atoms with E-state index in [2.05, 4.69) is 0 Å². The molecule has 0 heterocycles. The summed E-state index contributed by atoms with van der Waals surface area (Å²) in [7, 11) is 0. The van der Waals surface area contributed by atoms with E-state index in [0.29, 0.717) is 11.3 Å². The van der Waals surface area contributed by atoms with Gasteiger partial charge in [-0.3, -0.25) is 0 Å². The maximum absolute atomic E-state index is 13.8. The Kier molecular flexibility index (Phi) is 3.63. The minimum atomic E-state index is -0.688. The second kappa shape index (κ2) is 5.19. The van der Waals surface area contributed by atoms with Crippen LogP contribution in [-0.4, -0.2) is 5.11 Å². The van der Waals surface area contributed by atoms with Crippen LogP contribution in [0.2, 0.25) is 0 Å². The van der Waals surface area contributed by atoms with Crippen LogP contribution in [0.3, 0.4) is 0 Å². The van der Waals surface area contributed by atoms with E-state index in [0.717, 1.165) is 5.56 Å². The quantitative estimate of drug-likeness (QED) is 0.887. The van der Waals surface area contributed by atoms with Crippen molar-refractivity contribution in [3.8, 4) is 11.5 Å². The van der Waals surface area contributed by atoms with Crippen LogP contribution < -0.4 is 4.74 Å². The van der Waals surface area contributed by atoms with Gasteiger partial charge in [-0.15, -0.1) is 0 Å². The van der Waals surface area contributed by atoms with Gasteiger partial charge < -0.3 is 9.84 Å². The smallest absolute Gasteiger partial charge is 0.166 e. The molecule has 0 aliphatic heterocycles. The summed E-state index contributed by atoms with van der Waals surface area (Å²) in [6.07, 6.45) is -0.688. The second-order valence-electron chi connectivity index (χ2n) is 4.23. The topological polar surface area (TPSA) is 29.5 Å². The zero-order valence-corrected chi connectivity index (χ0v) is 10.4. The zero-order chi connectivity index (χ0) is 13.1. The molecule has 1 N–H and O–H groups in total. The first-order valence-corrected chi connectivity index (χ1v) is 5.79. The van der Waals surface area contributed by atoms with Gasteiger partial charge in [-0.05, 0) is 43.2 Å². The highest BCUT2D eigenvalue weighted by atomic mass is 19.1. The minimum absolute atomic E-state index is 0.161. The van der Waals surface area contributed by atoms with Gasteiger partial charge >= 0.3 is 0 Å².